The van der Waals surface area contributed by atoms with E-state index < -0.39 is 21.8 Å². The van der Waals surface area contributed by atoms with Crippen molar-refractivity contribution in [1.82, 2.24) is 9.21 Å². The second kappa shape index (κ2) is 6.94. The van der Waals surface area contributed by atoms with Crippen LogP contribution >= 0.6 is 0 Å². The number of rotatable bonds is 5. The van der Waals surface area contributed by atoms with Gasteiger partial charge in [-0.3, -0.25) is 9.69 Å². The highest BCUT2D eigenvalue weighted by molar-refractivity contribution is 7.89. The van der Waals surface area contributed by atoms with Gasteiger partial charge >= 0.3 is 5.97 Å². The molecule has 6 nitrogen and oxygen atoms in total. The van der Waals surface area contributed by atoms with E-state index in [4.69, 9.17) is 5.11 Å². The average Bonchev–Trinajstić information content (AvgIpc) is 2.46. The SMILES string of the molecule is Cc1ccc(S(=O)(=O)N2CCC(N(C)CC(=O)O)CC2)c(F)c1. The van der Waals surface area contributed by atoms with Crippen LogP contribution in [0.1, 0.15) is 18.4 Å². The van der Waals surface area contributed by atoms with Crippen LogP contribution in [0.2, 0.25) is 0 Å². The van der Waals surface area contributed by atoms with Crippen LogP contribution in [-0.4, -0.2) is 61.4 Å². The minimum absolute atomic E-state index is 0.0143. The predicted octanol–water partition coefficient (Wildman–Crippen LogP) is 1.30. The molecule has 0 atom stereocenters. The number of nitrogens with zero attached hydrogens (tertiary/aromatic N) is 2. The summed E-state index contributed by atoms with van der Waals surface area (Å²) in [6.45, 7) is 2.13. The van der Waals surface area contributed by atoms with Crippen molar-refractivity contribution in [3.8, 4) is 0 Å². The topological polar surface area (TPSA) is 77.9 Å². The first-order valence-electron chi connectivity index (χ1n) is 7.40. The van der Waals surface area contributed by atoms with Gasteiger partial charge in [0.15, 0.2) is 0 Å². The molecule has 1 saturated heterocycles. The molecule has 1 aliphatic heterocycles. The molecular weight excluding hydrogens is 323 g/mol. The molecule has 1 aromatic carbocycles. The number of benzene rings is 1. The van der Waals surface area contributed by atoms with Crippen molar-refractivity contribution in [3.05, 3.63) is 29.6 Å². The van der Waals surface area contributed by atoms with Crippen molar-refractivity contribution in [1.29, 1.82) is 0 Å². The van der Waals surface area contributed by atoms with Gasteiger partial charge in [-0.1, -0.05) is 6.07 Å². The lowest BCUT2D eigenvalue weighted by Gasteiger charge is -2.35. The molecule has 1 aliphatic rings. The van der Waals surface area contributed by atoms with Crippen LogP contribution in [0.15, 0.2) is 23.1 Å². The molecule has 2 rings (SSSR count). The maximum absolute atomic E-state index is 14.0. The highest BCUT2D eigenvalue weighted by Crippen LogP contribution is 2.25. The number of sulfonamides is 1. The van der Waals surface area contributed by atoms with E-state index in [2.05, 4.69) is 0 Å². The van der Waals surface area contributed by atoms with Crippen LogP contribution in [0, 0.1) is 12.7 Å². The summed E-state index contributed by atoms with van der Waals surface area (Å²) in [7, 11) is -2.15. The van der Waals surface area contributed by atoms with E-state index in [0.717, 1.165) is 0 Å². The molecule has 128 valence electrons. The van der Waals surface area contributed by atoms with Gasteiger partial charge in [0.25, 0.3) is 0 Å². The Morgan fingerprint density at radius 2 is 2.00 bits per heavy atom. The van der Waals surface area contributed by atoms with Gasteiger partial charge in [0.2, 0.25) is 10.0 Å². The van der Waals surface area contributed by atoms with E-state index >= 15 is 0 Å². The van der Waals surface area contributed by atoms with E-state index in [0.29, 0.717) is 18.4 Å². The number of aliphatic carboxylic acids is 1. The van der Waals surface area contributed by atoms with Gasteiger partial charge in [0, 0.05) is 19.1 Å². The van der Waals surface area contributed by atoms with Crippen molar-refractivity contribution >= 4 is 16.0 Å². The second-order valence-corrected chi connectivity index (χ2v) is 7.78. The van der Waals surface area contributed by atoms with Crippen molar-refractivity contribution in [2.24, 2.45) is 0 Å². The molecule has 8 heteroatoms. The normalized spacial score (nSPS) is 17.6. The quantitative estimate of drug-likeness (QED) is 0.871. The van der Waals surface area contributed by atoms with Gasteiger partial charge in [-0.2, -0.15) is 4.31 Å². The first-order chi connectivity index (χ1) is 10.7. The molecule has 0 aliphatic carbocycles. The molecule has 0 spiro atoms. The fourth-order valence-corrected chi connectivity index (χ4v) is 4.33. The Morgan fingerprint density at radius 1 is 1.39 bits per heavy atom. The number of likely N-dealkylation sites (N-methyl/N-ethyl adjacent to an activating group) is 1. The molecule has 0 saturated carbocycles. The summed E-state index contributed by atoms with van der Waals surface area (Å²) in [5, 5.41) is 8.81. The Bertz CT molecular complexity index is 685. The zero-order chi connectivity index (χ0) is 17.2. The Kier molecular flexibility index (Phi) is 5.38. The number of carbonyl (C=O) groups is 1. The third-order valence-electron chi connectivity index (χ3n) is 4.14. The molecule has 23 heavy (non-hydrogen) atoms. The number of hydrogen-bond donors (Lipinski definition) is 1. The summed E-state index contributed by atoms with van der Waals surface area (Å²) in [6.07, 6.45) is 1.05. The highest BCUT2D eigenvalue weighted by Gasteiger charge is 2.32. The van der Waals surface area contributed by atoms with Gasteiger partial charge in [0.05, 0.1) is 6.54 Å². The monoisotopic (exact) mass is 344 g/mol. The zero-order valence-electron chi connectivity index (χ0n) is 13.2. The average molecular weight is 344 g/mol. The van der Waals surface area contributed by atoms with Gasteiger partial charge in [-0.15, -0.1) is 0 Å². The maximum Gasteiger partial charge on any atom is 0.317 e. The Morgan fingerprint density at radius 3 is 2.52 bits per heavy atom. The molecule has 1 fully saturated rings. The number of aryl methyl sites for hydroxylation is 1. The molecule has 0 radical (unpaired) electrons. The Labute approximate surface area is 135 Å². The molecule has 0 unspecified atom stereocenters. The van der Waals surface area contributed by atoms with Crippen molar-refractivity contribution in [3.63, 3.8) is 0 Å². The summed E-state index contributed by atoms with van der Waals surface area (Å²) in [6, 6.07) is 4.09. The largest absolute Gasteiger partial charge is 0.480 e. The number of hydrogen-bond acceptors (Lipinski definition) is 4. The van der Waals surface area contributed by atoms with Crippen molar-refractivity contribution < 1.29 is 22.7 Å². The lowest BCUT2D eigenvalue weighted by atomic mass is 10.1. The minimum Gasteiger partial charge on any atom is -0.480 e. The van der Waals surface area contributed by atoms with Gasteiger partial charge in [0.1, 0.15) is 10.7 Å². The summed E-state index contributed by atoms with van der Waals surface area (Å²) in [5.41, 5.74) is 0.662. The van der Waals surface area contributed by atoms with Gasteiger partial charge < -0.3 is 5.11 Å². The summed E-state index contributed by atoms with van der Waals surface area (Å²) < 4.78 is 40.3. The lowest BCUT2D eigenvalue weighted by molar-refractivity contribution is -0.138. The summed E-state index contributed by atoms with van der Waals surface area (Å²) >= 11 is 0. The third kappa shape index (κ3) is 4.07. The smallest absolute Gasteiger partial charge is 0.317 e. The van der Waals surface area contributed by atoms with Crippen molar-refractivity contribution in [2.75, 3.05) is 26.7 Å². The van der Waals surface area contributed by atoms with Crippen LogP contribution in [0.3, 0.4) is 0 Å². The summed E-state index contributed by atoms with van der Waals surface area (Å²) in [4.78, 5) is 12.1. The van der Waals surface area contributed by atoms with Crippen LogP contribution in [-0.2, 0) is 14.8 Å². The fraction of sp³-hybridized carbons (Fsp3) is 0.533. The molecule has 0 amide bonds. The molecule has 1 N–H and O–H groups in total. The Hall–Kier alpha value is -1.51. The van der Waals surface area contributed by atoms with Crippen molar-refractivity contribution in [2.45, 2.75) is 30.7 Å². The third-order valence-corrected chi connectivity index (χ3v) is 6.07. The van der Waals surface area contributed by atoms with E-state index in [9.17, 15) is 17.6 Å². The molecular formula is C15H21FN2O4S. The molecule has 1 aromatic rings. The van der Waals surface area contributed by atoms with E-state index in [-0.39, 0.29) is 30.6 Å². The number of carboxylic acids is 1. The molecule has 0 aromatic heterocycles. The number of halogens is 1. The van der Waals surface area contributed by atoms with E-state index in [1.807, 2.05) is 0 Å². The molecule has 0 bridgehead atoms. The predicted molar refractivity (Wildman–Crippen MR) is 83.2 cm³/mol. The van der Waals surface area contributed by atoms with E-state index in [1.165, 1.54) is 16.4 Å². The van der Waals surface area contributed by atoms with Gasteiger partial charge in [-0.25, -0.2) is 12.8 Å². The standard InChI is InChI=1S/C15H21FN2O4S/c1-11-3-4-14(13(16)9-11)23(21,22)18-7-5-12(6-8-18)17(2)10-15(19)20/h3-4,9,12H,5-8,10H2,1-2H3,(H,19,20). The number of carboxylic acid groups (broad SMARTS) is 1. The first-order valence-corrected chi connectivity index (χ1v) is 8.84. The maximum atomic E-state index is 14.0. The fourth-order valence-electron chi connectivity index (χ4n) is 2.82. The summed E-state index contributed by atoms with van der Waals surface area (Å²) in [5.74, 6) is -1.65. The molecule has 1 heterocycles. The first kappa shape index (κ1) is 17.8. The van der Waals surface area contributed by atoms with Gasteiger partial charge in [-0.05, 0) is 44.5 Å². The zero-order valence-corrected chi connectivity index (χ0v) is 14.0. The lowest BCUT2D eigenvalue weighted by Crippen LogP contribution is -2.46. The second-order valence-electron chi connectivity index (χ2n) is 5.88. The van der Waals surface area contributed by atoms with Crippen LogP contribution in [0.4, 0.5) is 4.39 Å². The van der Waals surface area contributed by atoms with Crippen LogP contribution in [0.25, 0.3) is 0 Å². The van der Waals surface area contributed by atoms with E-state index in [1.54, 1.807) is 24.9 Å². The number of piperidine rings is 1. The highest BCUT2D eigenvalue weighted by atomic mass is 32.2. The van der Waals surface area contributed by atoms with Crippen LogP contribution in [0.5, 0.6) is 0 Å². The van der Waals surface area contributed by atoms with Crippen LogP contribution < -0.4 is 0 Å². The Balaban J connectivity index is 2.08. The minimum atomic E-state index is -3.86.